The molecule has 1 aliphatic carbocycles. The van der Waals surface area contributed by atoms with E-state index in [1.54, 1.807) is 12.3 Å². The Morgan fingerprint density at radius 3 is 2.67 bits per heavy atom. The summed E-state index contributed by atoms with van der Waals surface area (Å²) in [6.45, 7) is 0.504. The first kappa shape index (κ1) is 11.7. The summed E-state index contributed by atoms with van der Waals surface area (Å²) in [7, 11) is 0. The van der Waals surface area contributed by atoms with Crippen LogP contribution in [-0.4, -0.2) is 28.2 Å². The number of imide groups is 1. The molecule has 1 fully saturated rings. The van der Waals surface area contributed by atoms with Crippen molar-refractivity contribution in [2.75, 3.05) is 6.54 Å². The zero-order chi connectivity index (χ0) is 12.7. The van der Waals surface area contributed by atoms with Crippen LogP contribution in [0.5, 0.6) is 0 Å². The molecule has 0 radical (unpaired) electrons. The first-order valence-corrected chi connectivity index (χ1v) is 6.48. The van der Waals surface area contributed by atoms with Crippen molar-refractivity contribution in [2.45, 2.75) is 25.7 Å². The highest BCUT2D eigenvalue weighted by Gasteiger charge is 2.33. The van der Waals surface area contributed by atoms with Gasteiger partial charge >= 0.3 is 0 Å². The molecule has 5 heteroatoms. The molecule has 0 spiro atoms. The molecule has 1 aliphatic heterocycles. The molecule has 1 aromatic heterocycles. The van der Waals surface area contributed by atoms with E-state index >= 15 is 0 Å². The van der Waals surface area contributed by atoms with Crippen molar-refractivity contribution in [1.29, 1.82) is 0 Å². The smallest absolute Gasteiger partial charge is 0.229 e. The highest BCUT2D eigenvalue weighted by atomic mass is 35.5. The Labute approximate surface area is 110 Å². The van der Waals surface area contributed by atoms with Gasteiger partial charge in [0.05, 0.1) is 0 Å². The lowest BCUT2D eigenvalue weighted by molar-refractivity contribution is -0.139. The number of nitrogens with zero attached hydrogens (tertiary/aromatic N) is 2. The van der Waals surface area contributed by atoms with Gasteiger partial charge in [0.25, 0.3) is 0 Å². The van der Waals surface area contributed by atoms with Gasteiger partial charge in [0, 0.05) is 36.3 Å². The Kier molecular flexibility index (Phi) is 2.82. The highest BCUT2D eigenvalue weighted by Crippen LogP contribution is 2.31. The molecular weight excluding hydrogens is 252 g/mol. The van der Waals surface area contributed by atoms with Crippen molar-refractivity contribution in [1.82, 2.24) is 9.88 Å². The van der Waals surface area contributed by atoms with Crippen molar-refractivity contribution in [3.8, 4) is 0 Å². The minimum atomic E-state index is -0.0463. The van der Waals surface area contributed by atoms with Gasteiger partial charge in [-0.1, -0.05) is 11.6 Å². The first-order chi connectivity index (χ1) is 8.65. The van der Waals surface area contributed by atoms with E-state index in [2.05, 4.69) is 4.98 Å². The normalized spacial score (nSPS) is 22.7. The van der Waals surface area contributed by atoms with Gasteiger partial charge < -0.3 is 0 Å². The van der Waals surface area contributed by atoms with Crippen molar-refractivity contribution in [3.05, 3.63) is 28.5 Å². The molecule has 94 valence electrons. The Balaban J connectivity index is 1.73. The van der Waals surface area contributed by atoms with Gasteiger partial charge in [-0.3, -0.25) is 19.5 Å². The summed E-state index contributed by atoms with van der Waals surface area (Å²) in [5.74, 6) is 0.170. The topological polar surface area (TPSA) is 50.3 Å². The molecule has 2 heterocycles. The zero-order valence-electron chi connectivity index (χ0n) is 9.86. The van der Waals surface area contributed by atoms with Crippen LogP contribution in [0.4, 0.5) is 0 Å². The van der Waals surface area contributed by atoms with E-state index in [0.717, 1.165) is 29.1 Å². The molecular formula is C13H13ClN2O2. The lowest BCUT2D eigenvalue weighted by Crippen LogP contribution is -2.34. The predicted molar refractivity (Wildman–Crippen MR) is 66.1 cm³/mol. The lowest BCUT2D eigenvalue weighted by atomic mass is 10.1. The quantitative estimate of drug-likeness (QED) is 0.763. The van der Waals surface area contributed by atoms with E-state index < -0.39 is 0 Å². The lowest BCUT2D eigenvalue weighted by Gasteiger charge is -2.18. The van der Waals surface area contributed by atoms with E-state index in [0.29, 0.717) is 19.4 Å². The standard InChI is InChI=1S/C13H13ClN2O2/c14-10-3-4-15-11-6-8(5-9(10)11)7-16-12(17)1-2-13(16)18/h3-4,8H,1-2,5-7H2. The molecule has 0 saturated carbocycles. The monoisotopic (exact) mass is 264 g/mol. The second-order valence-corrected chi connectivity index (χ2v) is 5.30. The van der Waals surface area contributed by atoms with Gasteiger partial charge in [0.1, 0.15) is 0 Å². The average molecular weight is 265 g/mol. The molecule has 18 heavy (non-hydrogen) atoms. The van der Waals surface area contributed by atoms with Crippen LogP contribution in [0.1, 0.15) is 24.1 Å². The van der Waals surface area contributed by atoms with Crippen molar-refractivity contribution < 1.29 is 9.59 Å². The van der Waals surface area contributed by atoms with Crippen LogP contribution in [0.3, 0.4) is 0 Å². The summed E-state index contributed by atoms with van der Waals surface area (Å²) in [4.78, 5) is 28.9. The Hall–Kier alpha value is -1.42. The molecule has 1 atom stereocenters. The third-order valence-corrected chi connectivity index (χ3v) is 4.01. The number of hydrogen-bond donors (Lipinski definition) is 0. The number of carbonyl (C=O) groups excluding carboxylic acids is 2. The molecule has 0 bridgehead atoms. The van der Waals surface area contributed by atoms with Gasteiger partial charge in [-0.2, -0.15) is 0 Å². The fourth-order valence-electron chi connectivity index (χ4n) is 2.75. The second-order valence-electron chi connectivity index (χ2n) is 4.89. The summed E-state index contributed by atoms with van der Waals surface area (Å²) in [6.07, 6.45) is 4.02. The van der Waals surface area contributed by atoms with Crippen LogP contribution in [-0.2, 0) is 22.4 Å². The minimum Gasteiger partial charge on any atom is -0.282 e. The molecule has 1 aromatic rings. The number of pyridine rings is 1. The summed E-state index contributed by atoms with van der Waals surface area (Å²) in [5, 5.41) is 0.738. The maximum absolute atomic E-state index is 11.6. The van der Waals surface area contributed by atoms with Gasteiger partial charge in [0.15, 0.2) is 0 Å². The summed E-state index contributed by atoms with van der Waals surface area (Å²) in [5.41, 5.74) is 2.08. The third-order valence-electron chi connectivity index (χ3n) is 3.66. The molecule has 1 saturated heterocycles. The molecule has 1 unspecified atom stereocenters. The van der Waals surface area contributed by atoms with Crippen LogP contribution in [0, 0.1) is 5.92 Å². The van der Waals surface area contributed by atoms with E-state index in [1.807, 2.05) is 0 Å². The molecule has 0 aromatic carbocycles. The SMILES string of the molecule is O=C1CCC(=O)N1CC1Cc2nccc(Cl)c2C1. The number of rotatable bonds is 2. The van der Waals surface area contributed by atoms with Crippen LogP contribution < -0.4 is 0 Å². The van der Waals surface area contributed by atoms with Crippen LogP contribution in [0.2, 0.25) is 5.02 Å². The summed E-state index contributed by atoms with van der Waals surface area (Å²) >= 11 is 6.12. The summed E-state index contributed by atoms with van der Waals surface area (Å²) in [6, 6.07) is 1.79. The first-order valence-electron chi connectivity index (χ1n) is 6.10. The van der Waals surface area contributed by atoms with Crippen LogP contribution in [0.25, 0.3) is 0 Å². The van der Waals surface area contributed by atoms with E-state index in [-0.39, 0.29) is 17.7 Å². The van der Waals surface area contributed by atoms with Gasteiger partial charge in [-0.15, -0.1) is 0 Å². The largest absolute Gasteiger partial charge is 0.282 e. The number of likely N-dealkylation sites (tertiary alicyclic amines) is 1. The zero-order valence-corrected chi connectivity index (χ0v) is 10.6. The van der Waals surface area contributed by atoms with Gasteiger partial charge in [0.2, 0.25) is 11.8 Å². The second kappa shape index (κ2) is 4.35. The maximum atomic E-state index is 11.6. The van der Waals surface area contributed by atoms with E-state index in [9.17, 15) is 9.59 Å². The number of hydrogen-bond acceptors (Lipinski definition) is 3. The molecule has 2 amide bonds. The maximum Gasteiger partial charge on any atom is 0.229 e. The fraction of sp³-hybridized carbons (Fsp3) is 0.462. The molecule has 0 N–H and O–H groups in total. The third kappa shape index (κ3) is 1.90. The molecule has 2 aliphatic rings. The minimum absolute atomic E-state index is 0.0463. The van der Waals surface area contributed by atoms with Crippen LogP contribution >= 0.6 is 11.6 Å². The molecule has 4 nitrogen and oxygen atoms in total. The van der Waals surface area contributed by atoms with E-state index in [1.165, 1.54) is 4.90 Å². The summed E-state index contributed by atoms with van der Waals surface area (Å²) < 4.78 is 0. The van der Waals surface area contributed by atoms with Crippen molar-refractivity contribution >= 4 is 23.4 Å². The fourth-order valence-corrected chi connectivity index (χ4v) is 2.99. The van der Waals surface area contributed by atoms with Gasteiger partial charge in [-0.25, -0.2) is 0 Å². The Bertz CT molecular complexity index is 514. The Morgan fingerprint density at radius 2 is 2.00 bits per heavy atom. The highest BCUT2D eigenvalue weighted by molar-refractivity contribution is 6.31. The average Bonchev–Trinajstić information content (AvgIpc) is 2.89. The van der Waals surface area contributed by atoms with Crippen molar-refractivity contribution in [2.24, 2.45) is 5.92 Å². The Morgan fingerprint density at radius 1 is 1.28 bits per heavy atom. The number of carbonyl (C=O) groups is 2. The number of amides is 2. The number of fused-ring (bicyclic) bond motifs is 1. The van der Waals surface area contributed by atoms with Crippen molar-refractivity contribution in [3.63, 3.8) is 0 Å². The predicted octanol–water partition coefficient (Wildman–Crippen LogP) is 1.60. The number of aromatic nitrogens is 1. The molecule has 3 rings (SSSR count). The van der Waals surface area contributed by atoms with Gasteiger partial charge in [-0.05, 0) is 30.4 Å². The van der Waals surface area contributed by atoms with Crippen LogP contribution in [0.15, 0.2) is 12.3 Å². The van der Waals surface area contributed by atoms with E-state index in [4.69, 9.17) is 11.6 Å². The number of halogens is 1.